The quantitative estimate of drug-likeness (QED) is 0.622. The minimum atomic E-state index is -3.66. The maximum atomic E-state index is 12.9. The lowest BCUT2D eigenvalue weighted by atomic mass is 10.0. The summed E-state index contributed by atoms with van der Waals surface area (Å²) in [5.41, 5.74) is 1.21. The third kappa shape index (κ3) is 2.13. The molecule has 0 amide bonds. The SMILES string of the molecule is O=[N+]([O-])c1ccc(-c2ccc3c(c2)OC(F)(F)O3)cc1. The normalized spacial score (nSPS) is 15.1. The van der Waals surface area contributed by atoms with E-state index in [0.717, 1.165) is 0 Å². The van der Waals surface area contributed by atoms with Crippen LogP contribution in [0.3, 0.4) is 0 Å². The average Bonchev–Trinajstić information content (AvgIpc) is 2.71. The molecular formula is C13H7F2NO4. The standard InChI is InChI=1S/C13H7F2NO4/c14-13(15)19-11-6-3-9(7-12(11)20-13)8-1-4-10(5-2-8)16(17)18/h1-7H. The Morgan fingerprint density at radius 1 is 0.950 bits per heavy atom. The molecule has 0 saturated carbocycles. The third-order valence-electron chi connectivity index (χ3n) is 2.81. The summed E-state index contributed by atoms with van der Waals surface area (Å²) in [5, 5.41) is 10.6. The molecule has 0 saturated heterocycles. The molecule has 5 nitrogen and oxygen atoms in total. The first-order chi connectivity index (χ1) is 9.44. The number of halogens is 2. The van der Waals surface area contributed by atoms with Crippen molar-refractivity contribution in [2.24, 2.45) is 0 Å². The first-order valence-corrected chi connectivity index (χ1v) is 5.59. The molecule has 3 rings (SSSR count). The maximum absolute atomic E-state index is 12.9. The van der Waals surface area contributed by atoms with Gasteiger partial charge in [0.15, 0.2) is 11.5 Å². The van der Waals surface area contributed by atoms with E-state index in [-0.39, 0.29) is 17.2 Å². The van der Waals surface area contributed by atoms with E-state index in [9.17, 15) is 18.9 Å². The molecule has 0 fully saturated rings. The number of ether oxygens (including phenoxy) is 2. The number of rotatable bonds is 2. The van der Waals surface area contributed by atoms with Crippen molar-refractivity contribution in [3.8, 4) is 22.6 Å². The molecule has 0 bridgehead atoms. The van der Waals surface area contributed by atoms with E-state index in [4.69, 9.17) is 0 Å². The molecule has 1 aliphatic heterocycles. The maximum Gasteiger partial charge on any atom is 0.586 e. The molecule has 102 valence electrons. The number of alkyl halides is 2. The highest BCUT2D eigenvalue weighted by atomic mass is 19.3. The summed E-state index contributed by atoms with van der Waals surface area (Å²) < 4.78 is 34.4. The second-order valence-corrected chi connectivity index (χ2v) is 4.13. The van der Waals surface area contributed by atoms with Gasteiger partial charge in [-0.3, -0.25) is 10.1 Å². The van der Waals surface area contributed by atoms with Crippen LogP contribution in [0.1, 0.15) is 0 Å². The van der Waals surface area contributed by atoms with Crippen molar-refractivity contribution in [1.29, 1.82) is 0 Å². The molecule has 0 unspecified atom stereocenters. The van der Waals surface area contributed by atoms with Gasteiger partial charge in [-0.05, 0) is 35.4 Å². The van der Waals surface area contributed by atoms with Gasteiger partial charge in [0, 0.05) is 12.1 Å². The minimum absolute atomic E-state index is 0.0407. The zero-order valence-electron chi connectivity index (χ0n) is 9.88. The van der Waals surface area contributed by atoms with Crippen LogP contribution in [0.15, 0.2) is 42.5 Å². The van der Waals surface area contributed by atoms with Gasteiger partial charge in [0.25, 0.3) is 5.69 Å². The Hall–Kier alpha value is -2.70. The monoisotopic (exact) mass is 279 g/mol. The van der Waals surface area contributed by atoms with E-state index in [1.54, 1.807) is 6.07 Å². The summed E-state index contributed by atoms with van der Waals surface area (Å²) in [7, 11) is 0. The predicted molar refractivity (Wildman–Crippen MR) is 64.7 cm³/mol. The Balaban J connectivity index is 1.94. The van der Waals surface area contributed by atoms with Gasteiger partial charge < -0.3 is 9.47 Å². The average molecular weight is 279 g/mol. The van der Waals surface area contributed by atoms with Crippen molar-refractivity contribution in [1.82, 2.24) is 0 Å². The van der Waals surface area contributed by atoms with E-state index in [1.807, 2.05) is 0 Å². The lowest BCUT2D eigenvalue weighted by molar-refractivity contribution is -0.384. The number of nitro groups is 1. The first kappa shape index (κ1) is 12.3. The van der Waals surface area contributed by atoms with Crippen LogP contribution in [0.25, 0.3) is 11.1 Å². The van der Waals surface area contributed by atoms with Gasteiger partial charge in [-0.1, -0.05) is 6.07 Å². The molecular weight excluding hydrogens is 272 g/mol. The smallest absolute Gasteiger partial charge is 0.395 e. The van der Waals surface area contributed by atoms with Crippen LogP contribution in [0, 0.1) is 10.1 Å². The van der Waals surface area contributed by atoms with E-state index in [1.165, 1.54) is 36.4 Å². The molecule has 1 aliphatic rings. The number of benzene rings is 2. The summed E-state index contributed by atoms with van der Waals surface area (Å²) in [6.07, 6.45) is -3.66. The number of hydrogen-bond acceptors (Lipinski definition) is 4. The first-order valence-electron chi connectivity index (χ1n) is 5.59. The van der Waals surface area contributed by atoms with Crippen LogP contribution >= 0.6 is 0 Å². The van der Waals surface area contributed by atoms with E-state index in [2.05, 4.69) is 9.47 Å². The van der Waals surface area contributed by atoms with Gasteiger partial charge in [0.2, 0.25) is 0 Å². The van der Waals surface area contributed by atoms with Gasteiger partial charge in [-0.2, -0.15) is 0 Å². The van der Waals surface area contributed by atoms with Gasteiger partial charge in [0.05, 0.1) is 4.92 Å². The predicted octanol–water partition coefficient (Wildman–Crippen LogP) is 3.58. The molecule has 0 N–H and O–H groups in total. The van der Waals surface area contributed by atoms with Crippen LogP contribution < -0.4 is 9.47 Å². The second-order valence-electron chi connectivity index (χ2n) is 4.13. The number of fused-ring (bicyclic) bond motifs is 1. The van der Waals surface area contributed by atoms with Crippen molar-refractivity contribution >= 4 is 5.69 Å². The van der Waals surface area contributed by atoms with Crippen molar-refractivity contribution in [3.05, 3.63) is 52.6 Å². The lowest BCUT2D eigenvalue weighted by Gasteiger charge is -2.04. The summed E-state index contributed by atoms with van der Waals surface area (Å²) >= 11 is 0. The fraction of sp³-hybridized carbons (Fsp3) is 0.0769. The Bertz CT molecular complexity index is 685. The van der Waals surface area contributed by atoms with Crippen LogP contribution in [0.2, 0.25) is 0 Å². The Kier molecular flexibility index (Phi) is 2.56. The summed E-state index contributed by atoms with van der Waals surface area (Å²) in [6.45, 7) is 0. The molecule has 20 heavy (non-hydrogen) atoms. The van der Waals surface area contributed by atoms with Crippen LogP contribution in [-0.4, -0.2) is 11.2 Å². The Morgan fingerprint density at radius 2 is 1.55 bits per heavy atom. The van der Waals surface area contributed by atoms with Gasteiger partial charge in [-0.25, -0.2) is 0 Å². The number of hydrogen-bond donors (Lipinski definition) is 0. The number of non-ortho nitro benzene ring substituents is 1. The number of nitrogens with zero attached hydrogens (tertiary/aromatic N) is 1. The van der Waals surface area contributed by atoms with Crippen LogP contribution in [0.5, 0.6) is 11.5 Å². The molecule has 1 heterocycles. The van der Waals surface area contributed by atoms with Crippen molar-refractivity contribution in [3.63, 3.8) is 0 Å². The highest BCUT2D eigenvalue weighted by molar-refractivity contribution is 5.68. The van der Waals surface area contributed by atoms with Crippen molar-refractivity contribution < 1.29 is 23.2 Å². The topological polar surface area (TPSA) is 61.6 Å². The molecule has 0 spiro atoms. The van der Waals surface area contributed by atoms with Gasteiger partial charge >= 0.3 is 6.29 Å². The van der Waals surface area contributed by atoms with Crippen molar-refractivity contribution in [2.45, 2.75) is 6.29 Å². The Morgan fingerprint density at radius 3 is 2.20 bits per heavy atom. The fourth-order valence-corrected chi connectivity index (χ4v) is 1.90. The fourth-order valence-electron chi connectivity index (χ4n) is 1.90. The van der Waals surface area contributed by atoms with Crippen LogP contribution in [-0.2, 0) is 0 Å². The number of nitro benzene ring substituents is 1. The summed E-state index contributed by atoms with van der Waals surface area (Å²) in [5.74, 6) is -0.105. The highest BCUT2D eigenvalue weighted by Crippen LogP contribution is 2.42. The summed E-state index contributed by atoms with van der Waals surface area (Å²) in [4.78, 5) is 10.0. The zero-order valence-corrected chi connectivity index (χ0v) is 9.88. The van der Waals surface area contributed by atoms with E-state index < -0.39 is 11.2 Å². The highest BCUT2D eigenvalue weighted by Gasteiger charge is 2.43. The second kappa shape index (κ2) is 4.16. The van der Waals surface area contributed by atoms with Crippen LogP contribution in [0.4, 0.5) is 14.5 Å². The van der Waals surface area contributed by atoms with Gasteiger partial charge in [0.1, 0.15) is 0 Å². The molecule has 0 radical (unpaired) electrons. The summed E-state index contributed by atoms with van der Waals surface area (Å²) in [6, 6.07) is 10.1. The molecule has 0 atom stereocenters. The molecule has 0 aliphatic carbocycles. The molecule has 2 aromatic carbocycles. The lowest BCUT2D eigenvalue weighted by Crippen LogP contribution is -2.25. The third-order valence-corrected chi connectivity index (χ3v) is 2.81. The Labute approximate surface area is 111 Å². The van der Waals surface area contributed by atoms with Gasteiger partial charge in [-0.15, -0.1) is 8.78 Å². The molecule has 2 aromatic rings. The van der Waals surface area contributed by atoms with E-state index >= 15 is 0 Å². The minimum Gasteiger partial charge on any atom is -0.395 e. The molecule has 0 aromatic heterocycles. The molecule has 7 heteroatoms. The zero-order chi connectivity index (χ0) is 14.3. The van der Waals surface area contributed by atoms with Crippen molar-refractivity contribution in [2.75, 3.05) is 0 Å². The largest absolute Gasteiger partial charge is 0.586 e. The van der Waals surface area contributed by atoms with E-state index in [0.29, 0.717) is 11.1 Å².